The van der Waals surface area contributed by atoms with E-state index in [0.717, 1.165) is 11.1 Å². The summed E-state index contributed by atoms with van der Waals surface area (Å²) in [7, 11) is 2.03. The molecule has 252 valence electrons. The van der Waals surface area contributed by atoms with E-state index in [9.17, 15) is 27.6 Å². The summed E-state index contributed by atoms with van der Waals surface area (Å²) in [5, 5.41) is 0. The number of piperidine rings is 1. The fourth-order valence-corrected chi connectivity index (χ4v) is 8.56. The van der Waals surface area contributed by atoms with E-state index in [4.69, 9.17) is 14.2 Å². The second-order valence-corrected chi connectivity index (χ2v) is 13.4. The van der Waals surface area contributed by atoms with Gasteiger partial charge in [-0.05, 0) is 80.6 Å². The van der Waals surface area contributed by atoms with Crippen LogP contribution in [0.15, 0.2) is 42.5 Å². The molecule has 1 saturated carbocycles. The van der Waals surface area contributed by atoms with Gasteiger partial charge in [-0.15, -0.1) is 13.2 Å². The second kappa shape index (κ2) is 11.9. The zero-order chi connectivity index (χ0) is 33.9. The van der Waals surface area contributed by atoms with Crippen LogP contribution in [0.3, 0.4) is 0 Å². The normalized spacial score (nSPS) is 27.6. The lowest BCUT2D eigenvalue weighted by Gasteiger charge is -2.65. The Kier molecular flexibility index (Phi) is 8.30. The van der Waals surface area contributed by atoms with Crippen molar-refractivity contribution in [3.63, 3.8) is 0 Å². The van der Waals surface area contributed by atoms with Gasteiger partial charge in [0.25, 0.3) is 0 Å². The SMILES string of the molecule is CC(=O)Oc1ccc2c3c1O[C@H]1[C@H](N(CC(C)C)C(=O)C=Cc4cccc(OC(F)(F)F)c4)CC[C@@]4(OC(C)=O)[C@@H](C2)N(C)CC[C@]314. The van der Waals surface area contributed by atoms with Crippen molar-refractivity contribution in [1.29, 1.82) is 0 Å². The van der Waals surface area contributed by atoms with Gasteiger partial charge in [0.15, 0.2) is 11.5 Å². The maximum absolute atomic E-state index is 14.1. The minimum Gasteiger partial charge on any atom is -0.483 e. The predicted octanol–water partition coefficient (Wildman–Crippen LogP) is 5.43. The average molecular weight is 657 g/mol. The maximum Gasteiger partial charge on any atom is 0.573 e. The Hall–Kier alpha value is -4.06. The summed E-state index contributed by atoms with van der Waals surface area (Å²) in [4.78, 5) is 43.1. The number of halogens is 3. The maximum atomic E-state index is 14.1. The Morgan fingerprint density at radius 3 is 2.57 bits per heavy atom. The van der Waals surface area contributed by atoms with E-state index in [1.165, 1.54) is 44.2 Å². The van der Waals surface area contributed by atoms with Crippen molar-refractivity contribution in [2.24, 2.45) is 5.92 Å². The molecule has 0 radical (unpaired) electrons. The molecule has 2 aromatic carbocycles. The van der Waals surface area contributed by atoms with E-state index in [2.05, 4.69) is 9.64 Å². The van der Waals surface area contributed by atoms with Gasteiger partial charge in [0.2, 0.25) is 5.91 Å². The molecule has 1 spiro atoms. The van der Waals surface area contributed by atoms with Gasteiger partial charge in [0.1, 0.15) is 17.5 Å². The van der Waals surface area contributed by atoms with Crippen LogP contribution in [-0.4, -0.2) is 77.9 Å². The Morgan fingerprint density at radius 2 is 1.89 bits per heavy atom. The average Bonchev–Trinajstić information content (AvgIpc) is 3.32. The molecule has 6 rings (SSSR count). The van der Waals surface area contributed by atoms with Gasteiger partial charge in [0.05, 0.1) is 17.5 Å². The topological polar surface area (TPSA) is 94.6 Å². The van der Waals surface area contributed by atoms with Crippen molar-refractivity contribution in [3.05, 3.63) is 59.2 Å². The van der Waals surface area contributed by atoms with E-state index in [0.29, 0.717) is 50.1 Å². The number of benzene rings is 2. The third kappa shape index (κ3) is 5.64. The van der Waals surface area contributed by atoms with Gasteiger partial charge < -0.3 is 23.8 Å². The minimum absolute atomic E-state index is 0.0704. The fourth-order valence-electron chi connectivity index (χ4n) is 8.56. The number of rotatable bonds is 8. The van der Waals surface area contributed by atoms with Gasteiger partial charge in [0, 0.05) is 32.0 Å². The molecule has 2 bridgehead atoms. The van der Waals surface area contributed by atoms with Crippen LogP contribution in [0.25, 0.3) is 6.08 Å². The summed E-state index contributed by atoms with van der Waals surface area (Å²) in [6, 6.07) is 8.53. The third-order valence-electron chi connectivity index (χ3n) is 9.98. The lowest BCUT2D eigenvalue weighted by atomic mass is 9.48. The van der Waals surface area contributed by atoms with E-state index in [-0.39, 0.29) is 29.4 Å². The molecule has 0 N–H and O–H groups in total. The van der Waals surface area contributed by atoms with Gasteiger partial charge >= 0.3 is 18.3 Å². The van der Waals surface area contributed by atoms with Gasteiger partial charge in [-0.3, -0.25) is 19.3 Å². The minimum atomic E-state index is -4.84. The number of carbonyl (C=O) groups excluding carboxylic acids is 3. The molecule has 0 aromatic heterocycles. The summed E-state index contributed by atoms with van der Waals surface area (Å²) in [5.41, 5.74) is 0.514. The highest BCUT2D eigenvalue weighted by atomic mass is 19.4. The molecule has 1 saturated heterocycles. The molecule has 2 aliphatic heterocycles. The van der Waals surface area contributed by atoms with Crippen LogP contribution in [0.1, 0.15) is 63.6 Å². The zero-order valence-corrected chi connectivity index (χ0v) is 27.1. The molecule has 0 unspecified atom stereocenters. The lowest BCUT2D eigenvalue weighted by molar-refractivity contribution is -0.274. The molecule has 1 amide bonds. The number of hydrogen-bond donors (Lipinski definition) is 0. The first-order chi connectivity index (χ1) is 22.1. The van der Waals surface area contributed by atoms with Crippen LogP contribution < -0.4 is 14.2 Å². The van der Waals surface area contributed by atoms with Crippen LogP contribution >= 0.6 is 0 Å². The fraction of sp³-hybridized carbons (Fsp3) is 0.514. The standard InChI is InChI=1S/C35H39F3N2O7/c1-20(2)19-40(29(43)12-9-23-7-6-8-25(17-23)47-35(36,37)38)26-13-14-34(46-22(4)42)28-18-24-10-11-27(44-21(3)41)31-30(24)33(34,32(26)45-31)15-16-39(28)5/h6-12,17,20,26,28,32H,13-16,18-19H2,1-5H3/t26-,28-,32+,33+,34-/m1/s1. The van der Waals surface area contributed by atoms with Crippen molar-refractivity contribution in [2.75, 3.05) is 20.1 Å². The smallest absolute Gasteiger partial charge is 0.483 e. The number of esters is 2. The van der Waals surface area contributed by atoms with Gasteiger partial charge in [-0.1, -0.05) is 32.0 Å². The van der Waals surface area contributed by atoms with E-state index in [1.54, 1.807) is 17.0 Å². The first-order valence-electron chi connectivity index (χ1n) is 15.9. The molecule has 9 nitrogen and oxygen atoms in total. The molecule has 47 heavy (non-hydrogen) atoms. The highest BCUT2D eigenvalue weighted by Crippen LogP contribution is 2.67. The van der Waals surface area contributed by atoms with Crippen LogP contribution in [0.4, 0.5) is 13.2 Å². The molecular weight excluding hydrogens is 617 g/mol. The molecule has 12 heteroatoms. The molecule has 5 atom stereocenters. The van der Waals surface area contributed by atoms with Gasteiger partial charge in [-0.2, -0.15) is 0 Å². The summed E-state index contributed by atoms with van der Waals surface area (Å²) in [6.07, 6.45) is -0.492. The quantitative estimate of drug-likeness (QED) is 0.211. The van der Waals surface area contributed by atoms with E-state index in [1.807, 2.05) is 27.0 Å². The van der Waals surface area contributed by atoms with Crippen LogP contribution in [0.5, 0.6) is 17.2 Å². The number of likely N-dealkylation sites (N-methyl/N-ethyl adjacent to an activating group) is 1. The first kappa shape index (κ1) is 32.9. The Morgan fingerprint density at radius 1 is 1.13 bits per heavy atom. The van der Waals surface area contributed by atoms with Crippen LogP contribution in [0.2, 0.25) is 0 Å². The second-order valence-electron chi connectivity index (χ2n) is 13.4. The molecule has 2 aliphatic carbocycles. The largest absolute Gasteiger partial charge is 0.573 e. The number of amides is 1. The highest BCUT2D eigenvalue weighted by molar-refractivity contribution is 5.92. The zero-order valence-electron chi connectivity index (χ0n) is 27.1. The van der Waals surface area contributed by atoms with Gasteiger partial charge in [-0.25, -0.2) is 0 Å². The van der Waals surface area contributed by atoms with E-state index >= 15 is 0 Å². The van der Waals surface area contributed by atoms with E-state index < -0.39 is 41.5 Å². The van der Waals surface area contributed by atoms with Crippen molar-refractivity contribution in [1.82, 2.24) is 9.80 Å². The number of nitrogens with zero attached hydrogens (tertiary/aromatic N) is 2. The first-order valence-corrected chi connectivity index (χ1v) is 15.9. The van der Waals surface area contributed by atoms with Crippen molar-refractivity contribution >= 4 is 23.9 Å². The summed E-state index contributed by atoms with van der Waals surface area (Å²) >= 11 is 0. The monoisotopic (exact) mass is 656 g/mol. The molecule has 2 heterocycles. The van der Waals surface area contributed by atoms with Crippen LogP contribution in [0, 0.1) is 5.92 Å². The summed E-state index contributed by atoms with van der Waals surface area (Å²) in [5.74, 6) is -0.805. The number of hydrogen-bond acceptors (Lipinski definition) is 8. The Labute approximate surface area is 271 Å². The summed E-state index contributed by atoms with van der Waals surface area (Å²) in [6.45, 7) is 7.82. The number of carbonyl (C=O) groups is 3. The molecular formula is C35H39F3N2O7. The van der Waals surface area contributed by atoms with Crippen molar-refractivity contribution in [2.45, 2.75) is 88.9 Å². The number of likely N-dealkylation sites (tertiary alicyclic amines) is 1. The number of ether oxygens (including phenoxy) is 4. The molecule has 2 aromatic rings. The number of alkyl halides is 3. The lowest BCUT2D eigenvalue weighted by Crippen LogP contribution is -2.79. The Bertz CT molecular complexity index is 1620. The predicted molar refractivity (Wildman–Crippen MR) is 165 cm³/mol. The Balaban J connectivity index is 1.43. The molecule has 2 fully saturated rings. The highest BCUT2D eigenvalue weighted by Gasteiger charge is 2.75. The van der Waals surface area contributed by atoms with Crippen molar-refractivity contribution < 1.29 is 46.5 Å². The van der Waals surface area contributed by atoms with Crippen molar-refractivity contribution in [3.8, 4) is 17.2 Å². The van der Waals surface area contributed by atoms with Crippen LogP contribution in [-0.2, 0) is 31.0 Å². The molecule has 4 aliphatic rings. The third-order valence-corrected chi connectivity index (χ3v) is 9.98. The summed E-state index contributed by atoms with van der Waals surface area (Å²) < 4.78 is 61.4.